The van der Waals surface area contributed by atoms with Gasteiger partial charge in [0.25, 0.3) is 0 Å². The molecule has 1 aliphatic carbocycles. The van der Waals surface area contributed by atoms with Crippen molar-refractivity contribution in [3.63, 3.8) is 0 Å². The summed E-state index contributed by atoms with van der Waals surface area (Å²) in [6.45, 7) is 2.45. The van der Waals surface area contributed by atoms with E-state index in [2.05, 4.69) is 18.1 Å². The van der Waals surface area contributed by atoms with Gasteiger partial charge in [-0.1, -0.05) is 26.2 Å². The fourth-order valence-electron chi connectivity index (χ4n) is 2.99. The molecule has 0 amide bonds. The second-order valence-electron chi connectivity index (χ2n) is 5.50. The van der Waals surface area contributed by atoms with Crippen LogP contribution in [0.2, 0.25) is 0 Å². The fourth-order valence-corrected chi connectivity index (χ4v) is 2.99. The average molecular weight is 236 g/mol. The van der Waals surface area contributed by atoms with Crippen LogP contribution in [0.4, 0.5) is 0 Å². The van der Waals surface area contributed by atoms with E-state index in [9.17, 15) is 5.11 Å². The van der Waals surface area contributed by atoms with Crippen molar-refractivity contribution >= 4 is 0 Å². The number of aliphatic hydroxyl groups excluding tert-OH is 1. The van der Waals surface area contributed by atoms with Gasteiger partial charge in [0, 0.05) is 19.3 Å². The third-order valence-electron chi connectivity index (χ3n) is 4.20. The maximum absolute atomic E-state index is 9.73. The number of nitrogens with zero attached hydrogens (tertiary/aromatic N) is 2. The summed E-state index contributed by atoms with van der Waals surface area (Å²) in [5.74, 6) is 0. The molecule has 3 heteroatoms. The van der Waals surface area contributed by atoms with E-state index in [0.717, 1.165) is 31.4 Å². The van der Waals surface area contributed by atoms with Gasteiger partial charge in [0.05, 0.1) is 5.69 Å². The highest BCUT2D eigenvalue weighted by atomic mass is 16.3. The summed E-state index contributed by atoms with van der Waals surface area (Å²) in [5, 5.41) is 14.2. The van der Waals surface area contributed by atoms with E-state index in [1.165, 1.54) is 25.0 Å². The summed E-state index contributed by atoms with van der Waals surface area (Å²) in [4.78, 5) is 0. The molecule has 0 spiro atoms. The minimum Gasteiger partial charge on any atom is -0.396 e. The molecule has 17 heavy (non-hydrogen) atoms. The van der Waals surface area contributed by atoms with E-state index >= 15 is 0 Å². The maximum Gasteiger partial charge on any atom is 0.0624 e. The molecule has 0 aromatic carbocycles. The Labute approximate surface area is 104 Å². The van der Waals surface area contributed by atoms with E-state index in [4.69, 9.17) is 0 Å². The van der Waals surface area contributed by atoms with Gasteiger partial charge in [-0.25, -0.2) is 0 Å². The zero-order valence-corrected chi connectivity index (χ0v) is 11.1. The highest BCUT2D eigenvalue weighted by Gasteiger charge is 2.32. The topological polar surface area (TPSA) is 38.0 Å². The monoisotopic (exact) mass is 236 g/mol. The van der Waals surface area contributed by atoms with Gasteiger partial charge >= 0.3 is 0 Å². The molecule has 0 radical (unpaired) electrons. The zero-order valence-electron chi connectivity index (χ0n) is 11.1. The summed E-state index contributed by atoms with van der Waals surface area (Å²) in [7, 11) is 2.02. The van der Waals surface area contributed by atoms with Gasteiger partial charge in [0.2, 0.25) is 0 Å². The highest BCUT2D eigenvalue weighted by Crippen LogP contribution is 2.38. The Morgan fingerprint density at radius 2 is 2.06 bits per heavy atom. The van der Waals surface area contributed by atoms with Crippen molar-refractivity contribution in [2.45, 2.75) is 51.9 Å². The maximum atomic E-state index is 9.73. The third-order valence-corrected chi connectivity index (χ3v) is 4.20. The lowest BCUT2D eigenvalue weighted by molar-refractivity contribution is 0.0805. The molecule has 1 N–H and O–H groups in total. The van der Waals surface area contributed by atoms with Crippen LogP contribution in [0, 0.1) is 5.41 Å². The molecule has 1 aromatic heterocycles. The number of hydrogen-bond acceptors (Lipinski definition) is 2. The molecular formula is C14H24N2O. The second kappa shape index (κ2) is 5.21. The number of aromatic nitrogens is 2. The lowest BCUT2D eigenvalue weighted by Gasteiger charge is -2.35. The molecule has 0 bridgehead atoms. The summed E-state index contributed by atoms with van der Waals surface area (Å²) in [6.07, 6.45) is 8.14. The SMILES string of the molecule is CCc1cc(CC2(CO)CCCCC2)n(C)n1. The van der Waals surface area contributed by atoms with Crippen LogP contribution in [0.5, 0.6) is 0 Å². The third kappa shape index (κ3) is 2.71. The molecule has 0 aliphatic heterocycles. The lowest BCUT2D eigenvalue weighted by Crippen LogP contribution is -2.31. The van der Waals surface area contributed by atoms with Crippen molar-refractivity contribution in [2.75, 3.05) is 6.61 Å². The van der Waals surface area contributed by atoms with Crippen LogP contribution < -0.4 is 0 Å². The minimum absolute atomic E-state index is 0.122. The van der Waals surface area contributed by atoms with Crippen LogP contribution in [-0.2, 0) is 19.9 Å². The van der Waals surface area contributed by atoms with Crippen LogP contribution in [0.1, 0.15) is 50.4 Å². The Morgan fingerprint density at radius 3 is 2.59 bits per heavy atom. The van der Waals surface area contributed by atoms with Crippen LogP contribution in [0.3, 0.4) is 0 Å². The molecule has 0 saturated heterocycles. The van der Waals surface area contributed by atoms with E-state index in [1.807, 2.05) is 11.7 Å². The first-order valence-electron chi connectivity index (χ1n) is 6.82. The first-order chi connectivity index (χ1) is 8.19. The molecule has 1 aliphatic rings. The normalized spacial score (nSPS) is 19.5. The molecule has 0 atom stereocenters. The second-order valence-corrected chi connectivity index (χ2v) is 5.50. The van der Waals surface area contributed by atoms with Crippen molar-refractivity contribution < 1.29 is 5.11 Å². The van der Waals surface area contributed by atoms with Gasteiger partial charge in [-0.05, 0) is 37.2 Å². The predicted molar refractivity (Wildman–Crippen MR) is 68.9 cm³/mol. The predicted octanol–water partition coefficient (Wildman–Crippen LogP) is 2.47. The molecule has 1 heterocycles. The van der Waals surface area contributed by atoms with Gasteiger partial charge in [0.15, 0.2) is 0 Å². The van der Waals surface area contributed by atoms with Crippen molar-refractivity contribution in [1.82, 2.24) is 9.78 Å². The van der Waals surface area contributed by atoms with Gasteiger partial charge < -0.3 is 5.11 Å². The van der Waals surface area contributed by atoms with Crippen LogP contribution in [0.15, 0.2) is 6.07 Å². The number of hydrogen-bond donors (Lipinski definition) is 1. The Morgan fingerprint density at radius 1 is 1.35 bits per heavy atom. The molecule has 3 nitrogen and oxygen atoms in total. The number of aliphatic hydroxyl groups is 1. The van der Waals surface area contributed by atoms with Crippen LogP contribution >= 0.6 is 0 Å². The quantitative estimate of drug-likeness (QED) is 0.872. The van der Waals surface area contributed by atoms with E-state index in [-0.39, 0.29) is 5.41 Å². The van der Waals surface area contributed by atoms with Crippen LogP contribution in [0.25, 0.3) is 0 Å². The first-order valence-corrected chi connectivity index (χ1v) is 6.82. The summed E-state index contributed by atoms with van der Waals surface area (Å²) < 4.78 is 1.99. The van der Waals surface area contributed by atoms with Crippen molar-refractivity contribution in [2.24, 2.45) is 12.5 Å². The summed E-state index contributed by atoms with van der Waals surface area (Å²) in [6, 6.07) is 2.20. The zero-order chi connectivity index (χ0) is 12.3. The van der Waals surface area contributed by atoms with E-state index in [0.29, 0.717) is 6.61 Å². The Bertz CT molecular complexity index is 364. The molecule has 1 saturated carbocycles. The Kier molecular flexibility index (Phi) is 3.87. The van der Waals surface area contributed by atoms with Crippen molar-refractivity contribution in [1.29, 1.82) is 0 Å². The van der Waals surface area contributed by atoms with E-state index in [1.54, 1.807) is 0 Å². The molecular weight excluding hydrogens is 212 g/mol. The number of rotatable bonds is 4. The lowest BCUT2D eigenvalue weighted by atomic mass is 9.72. The first kappa shape index (κ1) is 12.6. The Balaban J connectivity index is 2.14. The largest absolute Gasteiger partial charge is 0.396 e. The number of aryl methyl sites for hydroxylation is 2. The molecule has 1 aromatic rings. The van der Waals surface area contributed by atoms with Gasteiger partial charge in [0.1, 0.15) is 0 Å². The molecule has 2 rings (SSSR count). The Hall–Kier alpha value is -0.830. The summed E-state index contributed by atoms with van der Waals surface area (Å²) >= 11 is 0. The molecule has 96 valence electrons. The molecule has 0 unspecified atom stereocenters. The average Bonchev–Trinajstić information content (AvgIpc) is 2.71. The smallest absolute Gasteiger partial charge is 0.0624 e. The van der Waals surface area contributed by atoms with E-state index < -0.39 is 0 Å². The molecule has 1 fully saturated rings. The fraction of sp³-hybridized carbons (Fsp3) is 0.786. The van der Waals surface area contributed by atoms with Gasteiger partial charge in [-0.3, -0.25) is 4.68 Å². The van der Waals surface area contributed by atoms with Crippen molar-refractivity contribution in [3.05, 3.63) is 17.5 Å². The van der Waals surface area contributed by atoms with Crippen molar-refractivity contribution in [3.8, 4) is 0 Å². The highest BCUT2D eigenvalue weighted by molar-refractivity contribution is 5.12. The summed E-state index contributed by atoms with van der Waals surface area (Å²) in [5.41, 5.74) is 2.56. The van der Waals surface area contributed by atoms with Gasteiger partial charge in [-0.15, -0.1) is 0 Å². The van der Waals surface area contributed by atoms with Gasteiger partial charge in [-0.2, -0.15) is 5.10 Å². The minimum atomic E-state index is 0.122. The standard InChI is InChI=1S/C14H24N2O/c1-3-12-9-13(16(2)15-12)10-14(11-17)7-5-4-6-8-14/h9,17H,3-8,10-11H2,1-2H3. The van der Waals surface area contributed by atoms with Crippen LogP contribution in [-0.4, -0.2) is 21.5 Å².